The first-order valence-electron chi connectivity index (χ1n) is 6.84. The summed E-state index contributed by atoms with van der Waals surface area (Å²) in [6, 6.07) is -0.348. The van der Waals surface area contributed by atoms with Gasteiger partial charge in [-0.2, -0.15) is 0 Å². The normalized spacial score (nSPS) is 17.4. The van der Waals surface area contributed by atoms with Gasteiger partial charge in [0.15, 0.2) is 0 Å². The van der Waals surface area contributed by atoms with Crippen molar-refractivity contribution in [3.05, 3.63) is 0 Å². The molecule has 0 bridgehead atoms. The highest BCUT2D eigenvalue weighted by atomic mass is 16.2. The van der Waals surface area contributed by atoms with Gasteiger partial charge in [-0.1, -0.05) is 12.8 Å². The second-order valence-corrected chi connectivity index (χ2v) is 4.97. The second kappa shape index (κ2) is 8.08. The predicted molar refractivity (Wildman–Crippen MR) is 71.1 cm³/mol. The number of hydrogen-bond acceptors (Lipinski definition) is 3. The third-order valence-corrected chi connectivity index (χ3v) is 3.42. The third-order valence-electron chi connectivity index (χ3n) is 3.42. The van der Waals surface area contributed by atoms with Crippen LogP contribution in [0.3, 0.4) is 0 Å². The van der Waals surface area contributed by atoms with Crippen LogP contribution in [-0.2, 0) is 9.59 Å². The largest absolute Gasteiger partial charge is 0.354 e. The van der Waals surface area contributed by atoms with E-state index in [1.54, 1.807) is 0 Å². The lowest BCUT2D eigenvalue weighted by atomic mass is 9.97. The number of amides is 2. The molecule has 18 heavy (non-hydrogen) atoms. The number of carbonyl (C=O) groups excluding carboxylic acids is 2. The van der Waals surface area contributed by atoms with Crippen molar-refractivity contribution >= 4 is 11.8 Å². The molecule has 1 rings (SSSR count). The summed E-state index contributed by atoms with van der Waals surface area (Å²) in [4.78, 5) is 23.3. The van der Waals surface area contributed by atoms with E-state index >= 15 is 0 Å². The first-order valence-corrected chi connectivity index (χ1v) is 6.84. The van der Waals surface area contributed by atoms with Crippen molar-refractivity contribution in [3.63, 3.8) is 0 Å². The van der Waals surface area contributed by atoms with Gasteiger partial charge in [0.1, 0.15) is 6.04 Å². The van der Waals surface area contributed by atoms with Gasteiger partial charge in [0.05, 0.1) is 0 Å². The summed E-state index contributed by atoms with van der Waals surface area (Å²) < 4.78 is 0. The van der Waals surface area contributed by atoms with Crippen LogP contribution in [0.2, 0.25) is 0 Å². The molecule has 0 aromatic carbocycles. The molecule has 5 nitrogen and oxygen atoms in total. The fourth-order valence-electron chi connectivity index (χ4n) is 2.49. The van der Waals surface area contributed by atoms with Gasteiger partial charge in [0.25, 0.3) is 0 Å². The Balaban J connectivity index is 2.42. The summed E-state index contributed by atoms with van der Waals surface area (Å²) >= 11 is 0. The van der Waals surface area contributed by atoms with E-state index in [-0.39, 0.29) is 17.9 Å². The molecule has 1 aliphatic rings. The van der Waals surface area contributed by atoms with E-state index in [4.69, 9.17) is 0 Å². The predicted octanol–water partition coefficient (Wildman–Crippen LogP) is 0.407. The Morgan fingerprint density at radius 3 is 2.44 bits per heavy atom. The van der Waals surface area contributed by atoms with Crippen LogP contribution >= 0.6 is 0 Å². The van der Waals surface area contributed by atoms with Crippen molar-refractivity contribution in [3.8, 4) is 0 Å². The molecule has 0 aromatic rings. The van der Waals surface area contributed by atoms with Crippen molar-refractivity contribution in [2.24, 2.45) is 5.92 Å². The molecule has 3 N–H and O–H groups in total. The minimum atomic E-state index is -0.348. The SMILES string of the molecule is CNCCCNC(=O)C(NC(C)=O)C1CCCC1. The molecule has 0 spiro atoms. The van der Waals surface area contributed by atoms with E-state index < -0.39 is 0 Å². The highest BCUT2D eigenvalue weighted by Crippen LogP contribution is 2.27. The zero-order chi connectivity index (χ0) is 13.4. The number of nitrogens with one attached hydrogen (secondary N) is 3. The molecule has 1 atom stereocenters. The highest BCUT2D eigenvalue weighted by Gasteiger charge is 2.30. The molecule has 0 heterocycles. The smallest absolute Gasteiger partial charge is 0.242 e. The van der Waals surface area contributed by atoms with Crippen LogP contribution in [-0.4, -0.2) is 38.0 Å². The molecule has 0 radical (unpaired) electrons. The Labute approximate surface area is 109 Å². The molecular formula is C13H25N3O2. The van der Waals surface area contributed by atoms with E-state index in [1.165, 1.54) is 6.92 Å². The first kappa shape index (κ1) is 15.0. The maximum Gasteiger partial charge on any atom is 0.242 e. The van der Waals surface area contributed by atoms with Gasteiger partial charge in [-0.05, 0) is 38.8 Å². The lowest BCUT2D eigenvalue weighted by Gasteiger charge is -2.23. The minimum Gasteiger partial charge on any atom is -0.354 e. The lowest BCUT2D eigenvalue weighted by molar-refractivity contribution is -0.129. The van der Waals surface area contributed by atoms with Crippen LogP contribution in [0.5, 0.6) is 0 Å². The topological polar surface area (TPSA) is 70.2 Å². The summed E-state index contributed by atoms with van der Waals surface area (Å²) in [5.74, 6) is 0.142. The molecule has 0 aromatic heterocycles. The van der Waals surface area contributed by atoms with E-state index in [0.717, 1.165) is 38.6 Å². The van der Waals surface area contributed by atoms with Gasteiger partial charge in [0, 0.05) is 13.5 Å². The Morgan fingerprint density at radius 2 is 1.89 bits per heavy atom. The van der Waals surface area contributed by atoms with E-state index in [9.17, 15) is 9.59 Å². The Kier molecular flexibility index (Phi) is 6.72. The minimum absolute atomic E-state index is 0.0341. The first-order chi connectivity index (χ1) is 8.65. The molecule has 2 amide bonds. The van der Waals surface area contributed by atoms with Crippen molar-refractivity contribution in [2.75, 3.05) is 20.1 Å². The summed E-state index contributed by atoms with van der Waals surface area (Å²) in [6.45, 7) is 3.01. The monoisotopic (exact) mass is 255 g/mol. The molecule has 0 aliphatic heterocycles. The van der Waals surface area contributed by atoms with E-state index in [2.05, 4.69) is 16.0 Å². The van der Waals surface area contributed by atoms with Crippen molar-refractivity contribution in [2.45, 2.75) is 45.1 Å². The zero-order valence-electron chi connectivity index (χ0n) is 11.4. The molecular weight excluding hydrogens is 230 g/mol. The maximum atomic E-state index is 12.1. The fourth-order valence-corrected chi connectivity index (χ4v) is 2.49. The molecule has 1 aliphatic carbocycles. The number of hydrogen-bond donors (Lipinski definition) is 3. The van der Waals surface area contributed by atoms with E-state index in [1.807, 2.05) is 7.05 Å². The summed E-state index contributed by atoms with van der Waals surface area (Å²) in [5, 5.41) is 8.74. The highest BCUT2D eigenvalue weighted by molar-refractivity contribution is 5.87. The van der Waals surface area contributed by atoms with Crippen molar-refractivity contribution in [1.29, 1.82) is 0 Å². The molecule has 1 fully saturated rings. The average Bonchev–Trinajstić information content (AvgIpc) is 2.84. The van der Waals surface area contributed by atoms with Gasteiger partial charge in [-0.15, -0.1) is 0 Å². The maximum absolute atomic E-state index is 12.1. The van der Waals surface area contributed by atoms with Crippen molar-refractivity contribution < 1.29 is 9.59 Å². The number of carbonyl (C=O) groups is 2. The standard InChI is InChI=1S/C13H25N3O2/c1-10(17)16-12(11-6-3-4-7-11)13(18)15-9-5-8-14-2/h11-12,14H,3-9H2,1-2H3,(H,15,18)(H,16,17). The van der Waals surface area contributed by atoms with Crippen LogP contribution in [0, 0.1) is 5.92 Å². The third kappa shape index (κ3) is 5.04. The Hall–Kier alpha value is -1.10. The van der Waals surface area contributed by atoms with Gasteiger partial charge in [-0.25, -0.2) is 0 Å². The summed E-state index contributed by atoms with van der Waals surface area (Å²) in [7, 11) is 1.89. The lowest BCUT2D eigenvalue weighted by Crippen LogP contribution is -2.50. The quantitative estimate of drug-likeness (QED) is 0.577. The zero-order valence-corrected chi connectivity index (χ0v) is 11.4. The fraction of sp³-hybridized carbons (Fsp3) is 0.846. The Morgan fingerprint density at radius 1 is 1.22 bits per heavy atom. The van der Waals surface area contributed by atoms with Crippen LogP contribution in [0.25, 0.3) is 0 Å². The summed E-state index contributed by atoms with van der Waals surface area (Å²) in [5.41, 5.74) is 0. The van der Waals surface area contributed by atoms with Gasteiger partial charge < -0.3 is 16.0 Å². The number of rotatable bonds is 7. The van der Waals surface area contributed by atoms with Gasteiger partial charge >= 0.3 is 0 Å². The van der Waals surface area contributed by atoms with Crippen LogP contribution in [0.1, 0.15) is 39.0 Å². The molecule has 0 saturated heterocycles. The van der Waals surface area contributed by atoms with Gasteiger partial charge in [0.2, 0.25) is 11.8 Å². The van der Waals surface area contributed by atoms with Crippen LogP contribution in [0.15, 0.2) is 0 Å². The molecule has 1 unspecified atom stereocenters. The van der Waals surface area contributed by atoms with Gasteiger partial charge in [-0.3, -0.25) is 9.59 Å². The van der Waals surface area contributed by atoms with Crippen LogP contribution < -0.4 is 16.0 Å². The second-order valence-electron chi connectivity index (χ2n) is 4.97. The molecule has 5 heteroatoms. The van der Waals surface area contributed by atoms with E-state index in [0.29, 0.717) is 12.5 Å². The average molecular weight is 255 g/mol. The Bertz CT molecular complexity index is 275. The molecule has 1 saturated carbocycles. The van der Waals surface area contributed by atoms with Crippen LogP contribution in [0.4, 0.5) is 0 Å². The summed E-state index contributed by atoms with van der Waals surface area (Å²) in [6.07, 6.45) is 5.30. The van der Waals surface area contributed by atoms with Crippen molar-refractivity contribution in [1.82, 2.24) is 16.0 Å². The molecule has 104 valence electrons.